The van der Waals surface area contributed by atoms with Gasteiger partial charge in [-0.2, -0.15) is 5.10 Å². The predicted molar refractivity (Wildman–Crippen MR) is 129 cm³/mol. The van der Waals surface area contributed by atoms with Crippen molar-refractivity contribution in [1.29, 1.82) is 0 Å². The first-order chi connectivity index (χ1) is 15.1. The molecule has 0 spiro atoms. The molecule has 1 fully saturated rings. The lowest BCUT2D eigenvalue weighted by molar-refractivity contribution is 0.211. The van der Waals surface area contributed by atoms with Crippen LogP contribution in [0.5, 0.6) is 17.2 Å². The summed E-state index contributed by atoms with van der Waals surface area (Å²) in [7, 11) is 1.55. The standard InChI is InChI=1S/C23H28ClN3O3S/c1-28-21-14-16(15-26-27-23(25)31)13-20(24)22(21)30-12-11-29-19-9-7-18(8-10-19)17-5-3-2-4-6-17/h7-10,13-15,17H,2-6,11-12H2,1H3,(H3,25,27,31). The summed E-state index contributed by atoms with van der Waals surface area (Å²) in [6, 6.07) is 11.9. The molecule has 0 aliphatic heterocycles. The van der Waals surface area contributed by atoms with Crippen molar-refractivity contribution >= 4 is 35.1 Å². The molecule has 0 saturated heterocycles. The quantitative estimate of drug-likeness (QED) is 0.236. The Bertz CT molecular complexity index is 900. The minimum atomic E-state index is 0.0814. The van der Waals surface area contributed by atoms with Gasteiger partial charge in [0.15, 0.2) is 16.6 Å². The number of rotatable bonds is 9. The molecule has 0 aromatic heterocycles. The molecule has 0 radical (unpaired) electrons. The van der Waals surface area contributed by atoms with Crippen LogP contribution in [0.1, 0.15) is 49.1 Å². The van der Waals surface area contributed by atoms with Crippen molar-refractivity contribution in [1.82, 2.24) is 5.43 Å². The summed E-state index contributed by atoms with van der Waals surface area (Å²) in [5, 5.41) is 4.41. The molecule has 1 saturated carbocycles. The van der Waals surface area contributed by atoms with Crippen molar-refractivity contribution in [2.75, 3.05) is 20.3 Å². The molecule has 166 valence electrons. The minimum absolute atomic E-state index is 0.0814. The van der Waals surface area contributed by atoms with E-state index in [0.717, 1.165) is 5.75 Å². The van der Waals surface area contributed by atoms with Crippen LogP contribution in [0.3, 0.4) is 0 Å². The fourth-order valence-corrected chi connectivity index (χ4v) is 4.03. The molecule has 0 unspecified atom stereocenters. The highest BCUT2D eigenvalue weighted by molar-refractivity contribution is 7.80. The highest BCUT2D eigenvalue weighted by atomic mass is 35.5. The van der Waals surface area contributed by atoms with E-state index in [1.54, 1.807) is 19.2 Å². The van der Waals surface area contributed by atoms with E-state index in [1.165, 1.54) is 43.9 Å². The first-order valence-corrected chi connectivity index (χ1v) is 11.2. The fourth-order valence-electron chi connectivity index (χ4n) is 3.70. The lowest BCUT2D eigenvalue weighted by atomic mass is 9.84. The van der Waals surface area contributed by atoms with Gasteiger partial charge in [0.2, 0.25) is 0 Å². The van der Waals surface area contributed by atoms with Gasteiger partial charge in [-0.3, -0.25) is 5.43 Å². The van der Waals surface area contributed by atoms with Crippen molar-refractivity contribution in [3.05, 3.63) is 52.5 Å². The molecule has 6 nitrogen and oxygen atoms in total. The van der Waals surface area contributed by atoms with Gasteiger partial charge in [0, 0.05) is 0 Å². The summed E-state index contributed by atoms with van der Waals surface area (Å²) in [5.41, 5.74) is 9.96. The molecule has 3 N–H and O–H groups in total. The van der Waals surface area contributed by atoms with E-state index in [4.69, 9.17) is 43.8 Å². The maximum atomic E-state index is 6.36. The fraction of sp³-hybridized carbons (Fsp3) is 0.391. The zero-order valence-electron chi connectivity index (χ0n) is 17.6. The van der Waals surface area contributed by atoms with Gasteiger partial charge in [0.25, 0.3) is 0 Å². The number of nitrogens with zero attached hydrogens (tertiary/aromatic N) is 1. The van der Waals surface area contributed by atoms with Crippen LogP contribution in [-0.4, -0.2) is 31.7 Å². The summed E-state index contributed by atoms with van der Waals surface area (Å²) in [5.74, 6) is 2.48. The molecule has 2 aromatic rings. The second-order valence-electron chi connectivity index (χ2n) is 7.37. The van der Waals surface area contributed by atoms with Gasteiger partial charge in [-0.25, -0.2) is 0 Å². The number of hydrogen-bond acceptors (Lipinski definition) is 5. The van der Waals surface area contributed by atoms with Gasteiger partial charge in [-0.05, 0) is 66.4 Å². The molecule has 0 atom stereocenters. The zero-order valence-corrected chi connectivity index (χ0v) is 19.2. The number of halogens is 1. The summed E-state index contributed by atoms with van der Waals surface area (Å²) in [6.07, 6.45) is 8.15. The Morgan fingerprint density at radius 2 is 1.87 bits per heavy atom. The molecule has 1 aliphatic rings. The second kappa shape index (κ2) is 11.8. The topological polar surface area (TPSA) is 78.1 Å². The van der Waals surface area contributed by atoms with Gasteiger partial charge in [-0.15, -0.1) is 0 Å². The van der Waals surface area contributed by atoms with Crippen LogP contribution < -0.4 is 25.4 Å². The van der Waals surface area contributed by atoms with Crippen molar-refractivity contribution < 1.29 is 14.2 Å². The number of nitrogens with one attached hydrogen (secondary N) is 1. The Kier molecular flexibility index (Phi) is 8.79. The zero-order chi connectivity index (χ0) is 22.1. The number of hydrazone groups is 1. The van der Waals surface area contributed by atoms with E-state index < -0.39 is 0 Å². The molecular weight excluding hydrogens is 434 g/mol. The monoisotopic (exact) mass is 461 g/mol. The average molecular weight is 462 g/mol. The Hall–Kier alpha value is -2.51. The molecule has 1 aliphatic carbocycles. The third-order valence-electron chi connectivity index (χ3n) is 5.20. The van der Waals surface area contributed by atoms with E-state index >= 15 is 0 Å². The lowest BCUT2D eigenvalue weighted by Crippen LogP contribution is -2.23. The van der Waals surface area contributed by atoms with Crippen molar-refractivity contribution in [2.24, 2.45) is 10.8 Å². The second-order valence-corrected chi connectivity index (χ2v) is 8.22. The summed E-state index contributed by atoms with van der Waals surface area (Å²) >= 11 is 11.1. The number of nitrogens with two attached hydrogens (primary N) is 1. The van der Waals surface area contributed by atoms with Crippen LogP contribution in [0.25, 0.3) is 0 Å². The van der Waals surface area contributed by atoms with E-state index in [2.05, 4.69) is 22.7 Å². The average Bonchev–Trinajstić information content (AvgIpc) is 2.78. The van der Waals surface area contributed by atoms with E-state index in [1.807, 2.05) is 12.1 Å². The third-order valence-corrected chi connectivity index (χ3v) is 5.57. The van der Waals surface area contributed by atoms with Crippen LogP contribution in [0, 0.1) is 0 Å². The van der Waals surface area contributed by atoms with Gasteiger partial charge >= 0.3 is 0 Å². The first-order valence-electron chi connectivity index (χ1n) is 10.4. The molecule has 0 amide bonds. The first kappa shape index (κ1) is 23.2. The van der Waals surface area contributed by atoms with Gasteiger partial charge in [0.05, 0.1) is 18.3 Å². The molecule has 0 bridgehead atoms. The highest BCUT2D eigenvalue weighted by Gasteiger charge is 2.15. The van der Waals surface area contributed by atoms with Crippen molar-refractivity contribution in [3.63, 3.8) is 0 Å². The normalized spacial score (nSPS) is 14.4. The number of benzene rings is 2. The summed E-state index contributed by atoms with van der Waals surface area (Å²) < 4.78 is 17.0. The van der Waals surface area contributed by atoms with Crippen molar-refractivity contribution in [2.45, 2.75) is 38.0 Å². The summed E-state index contributed by atoms with van der Waals surface area (Å²) in [4.78, 5) is 0. The third kappa shape index (κ3) is 7.01. The van der Waals surface area contributed by atoms with Gasteiger partial charge < -0.3 is 19.9 Å². The minimum Gasteiger partial charge on any atom is -0.493 e. The van der Waals surface area contributed by atoms with Gasteiger partial charge in [-0.1, -0.05) is 43.0 Å². The molecule has 3 rings (SSSR count). The van der Waals surface area contributed by atoms with Crippen LogP contribution in [-0.2, 0) is 0 Å². The predicted octanol–water partition coefficient (Wildman–Crippen LogP) is 5.02. The van der Waals surface area contributed by atoms with Crippen molar-refractivity contribution in [3.8, 4) is 17.2 Å². The number of thiocarbonyl (C=S) groups is 1. The lowest BCUT2D eigenvalue weighted by Gasteiger charge is -2.22. The maximum absolute atomic E-state index is 6.36. The summed E-state index contributed by atoms with van der Waals surface area (Å²) in [6.45, 7) is 0.722. The van der Waals surface area contributed by atoms with Crippen LogP contribution >= 0.6 is 23.8 Å². The molecule has 8 heteroatoms. The van der Waals surface area contributed by atoms with E-state index in [9.17, 15) is 0 Å². The smallest absolute Gasteiger partial charge is 0.184 e. The molecule has 2 aromatic carbocycles. The van der Waals surface area contributed by atoms with Crippen LogP contribution in [0.2, 0.25) is 5.02 Å². The SMILES string of the molecule is COc1cc(C=NNC(N)=S)cc(Cl)c1OCCOc1ccc(C2CCCCC2)cc1. The maximum Gasteiger partial charge on any atom is 0.184 e. The largest absolute Gasteiger partial charge is 0.493 e. The number of hydrogen-bond donors (Lipinski definition) is 2. The number of methoxy groups -OCH3 is 1. The Labute approximate surface area is 193 Å². The van der Waals surface area contributed by atoms with E-state index in [-0.39, 0.29) is 5.11 Å². The van der Waals surface area contributed by atoms with Crippen LogP contribution in [0.15, 0.2) is 41.5 Å². The molecule has 31 heavy (non-hydrogen) atoms. The Balaban J connectivity index is 1.51. The van der Waals surface area contributed by atoms with Crippen LogP contribution in [0.4, 0.5) is 0 Å². The Morgan fingerprint density at radius 3 is 2.55 bits per heavy atom. The number of ether oxygens (including phenoxy) is 3. The highest BCUT2D eigenvalue weighted by Crippen LogP contribution is 2.36. The Morgan fingerprint density at radius 1 is 1.16 bits per heavy atom. The molecular formula is C23H28ClN3O3S. The van der Waals surface area contributed by atoms with Gasteiger partial charge in [0.1, 0.15) is 19.0 Å². The van der Waals surface area contributed by atoms with E-state index in [0.29, 0.717) is 41.2 Å². The molecule has 0 heterocycles.